The van der Waals surface area contributed by atoms with Gasteiger partial charge in [0.2, 0.25) is 5.95 Å². The molecule has 0 unspecified atom stereocenters. The number of allylic oxidation sites excluding steroid dienone is 1. The van der Waals surface area contributed by atoms with Gasteiger partial charge in [0.15, 0.2) is 17.0 Å². The predicted molar refractivity (Wildman–Crippen MR) is 94.2 cm³/mol. The molecule has 2 aliphatic carbocycles. The third kappa shape index (κ3) is 3.36. The summed E-state index contributed by atoms with van der Waals surface area (Å²) in [5.41, 5.74) is 7.35. The van der Waals surface area contributed by atoms with Crippen molar-refractivity contribution in [3.05, 3.63) is 18.5 Å². The first kappa shape index (κ1) is 17.8. The van der Waals surface area contributed by atoms with E-state index in [4.69, 9.17) is 5.73 Å². The molecule has 1 fully saturated rings. The molecule has 2 aliphatic rings. The average molecular weight is 359 g/mol. The fraction of sp³-hybridized carbons (Fsp3) is 0.500. The number of hydrogen-bond donors (Lipinski definition) is 3. The van der Waals surface area contributed by atoms with Crippen LogP contribution < -0.4 is 11.1 Å². The van der Waals surface area contributed by atoms with E-state index < -0.39 is 0 Å². The van der Waals surface area contributed by atoms with Crippen molar-refractivity contribution in [2.75, 3.05) is 17.7 Å². The van der Waals surface area contributed by atoms with Crippen LogP contribution in [0.3, 0.4) is 0 Å². The van der Waals surface area contributed by atoms with Crippen molar-refractivity contribution in [3.63, 3.8) is 0 Å². The minimum atomic E-state index is 0. The van der Waals surface area contributed by atoms with Gasteiger partial charge in [-0.15, -0.1) is 24.8 Å². The van der Waals surface area contributed by atoms with E-state index in [1.807, 2.05) is 10.6 Å². The minimum Gasteiger partial charge on any atom is -0.396 e. The summed E-state index contributed by atoms with van der Waals surface area (Å²) in [6.07, 6.45) is 9.10. The SMILES string of the molecule is Cl.Cl.Nc1nc(NC2CC2)c2ncn([C@H]3C=C[C@@H](CO)C3)c2n1. The number of nitrogens with one attached hydrogen (secondary N) is 1. The number of anilines is 2. The number of imidazole rings is 1. The molecule has 0 aliphatic heterocycles. The second kappa shape index (κ2) is 6.90. The zero-order chi connectivity index (χ0) is 14.4. The van der Waals surface area contributed by atoms with E-state index in [1.54, 1.807) is 6.33 Å². The Labute approximate surface area is 146 Å². The molecule has 1 saturated carbocycles. The van der Waals surface area contributed by atoms with Gasteiger partial charge in [0, 0.05) is 18.6 Å². The molecule has 0 saturated heterocycles. The minimum absolute atomic E-state index is 0. The van der Waals surface area contributed by atoms with Gasteiger partial charge in [-0.3, -0.25) is 0 Å². The van der Waals surface area contributed by atoms with Gasteiger partial charge in [0.25, 0.3) is 0 Å². The van der Waals surface area contributed by atoms with E-state index in [0.29, 0.717) is 6.04 Å². The third-order valence-electron chi connectivity index (χ3n) is 4.10. The van der Waals surface area contributed by atoms with Crippen LogP contribution in [0.2, 0.25) is 0 Å². The Hall–Kier alpha value is -1.57. The number of nitrogens with zero attached hydrogens (tertiary/aromatic N) is 4. The fourth-order valence-corrected chi connectivity index (χ4v) is 2.79. The number of aromatic nitrogens is 4. The first-order valence-electron chi connectivity index (χ1n) is 7.30. The molecule has 0 radical (unpaired) electrons. The maximum atomic E-state index is 9.26. The lowest BCUT2D eigenvalue weighted by molar-refractivity contribution is 0.244. The Balaban J connectivity index is 0.000000960. The van der Waals surface area contributed by atoms with Crippen molar-refractivity contribution < 1.29 is 5.11 Å². The van der Waals surface area contributed by atoms with Gasteiger partial charge in [0.1, 0.15) is 0 Å². The molecular formula is C14H20Cl2N6O. The molecule has 2 aromatic rings. The first-order valence-corrected chi connectivity index (χ1v) is 7.30. The van der Waals surface area contributed by atoms with Crippen molar-refractivity contribution in [1.82, 2.24) is 19.5 Å². The van der Waals surface area contributed by atoms with Crippen LogP contribution in [0.15, 0.2) is 18.5 Å². The molecule has 4 N–H and O–H groups in total. The van der Waals surface area contributed by atoms with E-state index in [-0.39, 0.29) is 49.3 Å². The summed E-state index contributed by atoms with van der Waals surface area (Å²) in [7, 11) is 0. The number of nitrogens with two attached hydrogens (primary N) is 1. The quantitative estimate of drug-likeness (QED) is 0.721. The van der Waals surface area contributed by atoms with Crippen molar-refractivity contribution in [2.24, 2.45) is 5.92 Å². The lowest BCUT2D eigenvalue weighted by Crippen LogP contribution is -2.10. The Morgan fingerprint density at radius 2 is 2.04 bits per heavy atom. The predicted octanol–water partition coefficient (Wildman–Crippen LogP) is 1.94. The number of rotatable bonds is 4. The molecule has 9 heteroatoms. The van der Waals surface area contributed by atoms with Crippen molar-refractivity contribution in [3.8, 4) is 0 Å². The van der Waals surface area contributed by atoms with Gasteiger partial charge in [-0.05, 0) is 19.3 Å². The van der Waals surface area contributed by atoms with Crippen LogP contribution in [0.4, 0.5) is 11.8 Å². The highest BCUT2D eigenvalue weighted by Gasteiger charge is 2.26. The van der Waals surface area contributed by atoms with Crippen molar-refractivity contribution >= 4 is 47.7 Å². The Bertz CT molecular complexity index is 715. The zero-order valence-electron chi connectivity index (χ0n) is 12.4. The molecule has 0 spiro atoms. The highest BCUT2D eigenvalue weighted by Crippen LogP contribution is 2.32. The molecule has 0 bridgehead atoms. The van der Waals surface area contributed by atoms with Gasteiger partial charge < -0.3 is 20.7 Å². The molecule has 0 aromatic carbocycles. The lowest BCUT2D eigenvalue weighted by atomic mass is 10.1. The summed E-state index contributed by atoms with van der Waals surface area (Å²) in [4.78, 5) is 13.1. The summed E-state index contributed by atoms with van der Waals surface area (Å²) in [5.74, 6) is 1.18. The molecule has 2 heterocycles. The van der Waals surface area contributed by atoms with Crippen LogP contribution >= 0.6 is 24.8 Å². The summed E-state index contributed by atoms with van der Waals surface area (Å²) < 4.78 is 2.01. The first-order chi connectivity index (χ1) is 10.2. The van der Waals surface area contributed by atoms with Gasteiger partial charge in [-0.1, -0.05) is 12.2 Å². The molecule has 126 valence electrons. The molecule has 4 rings (SSSR count). The smallest absolute Gasteiger partial charge is 0.224 e. The van der Waals surface area contributed by atoms with E-state index in [0.717, 1.165) is 36.2 Å². The maximum absolute atomic E-state index is 9.26. The molecule has 7 nitrogen and oxygen atoms in total. The van der Waals surface area contributed by atoms with Gasteiger partial charge in [-0.2, -0.15) is 9.97 Å². The largest absolute Gasteiger partial charge is 0.396 e. The molecule has 2 atom stereocenters. The van der Waals surface area contributed by atoms with Crippen LogP contribution in [0.25, 0.3) is 11.2 Å². The van der Waals surface area contributed by atoms with Crippen LogP contribution in [0.1, 0.15) is 25.3 Å². The topological polar surface area (TPSA) is 102 Å². The summed E-state index contributed by atoms with van der Waals surface area (Å²) in [5, 5.41) is 12.6. The number of fused-ring (bicyclic) bond motifs is 1. The number of halogens is 2. The van der Waals surface area contributed by atoms with Crippen LogP contribution in [0, 0.1) is 5.92 Å². The third-order valence-corrected chi connectivity index (χ3v) is 4.10. The molecular weight excluding hydrogens is 339 g/mol. The Morgan fingerprint density at radius 1 is 1.26 bits per heavy atom. The lowest BCUT2D eigenvalue weighted by Gasteiger charge is -2.13. The van der Waals surface area contributed by atoms with Crippen LogP contribution in [0.5, 0.6) is 0 Å². The normalized spacial score (nSPS) is 22.7. The maximum Gasteiger partial charge on any atom is 0.224 e. The molecule has 0 amide bonds. The fourth-order valence-electron chi connectivity index (χ4n) is 2.79. The molecule has 2 aromatic heterocycles. The summed E-state index contributed by atoms with van der Waals surface area (Å²) in [6.45, 7) is 0.172. The Kier molecular flexibility index (Phi) is 5.33. The second-order valence-electron chi connectivity index (χ2n) is 5.80. The van der Waals surface area contributed by atoms with Crippen molar-refractivity contribution in [1.29, 1.82) is 0 Å². The Morgan fingerprint density at radius 3 is 2.70 bits per heavy atom. The number of hydrogen-bond acceptors (Lipinski definition) is 6. The standard InChI is InChI=1S/C14H18N6O.2ClH/c15-14-18-12(17-9-2-3-9)11-13(19-14)20(7-16-11)10-4-1-8(5-10)6-21;;/h1,4,7-10,21H,2-3,5-6H2,(H3,15,17,18,19);2*1H/t8-,10+;;/m1../s1. The monoisotopic (exact) mass is 358 g/mol. The number of aliphatic hydroxyl groups excluding tert-OH is 1. The summed E-state index contributed by atoms with van der Waals surface area (Å²) in [6, 6.07) is 0.646. The van der Waals surface area contributed by atoms with E-state index in [9.17, 15) is 5.11 Å². The van der Waals surface area contributed by atoms with Gasteiger partial charge >= 0.3 is 0 Å². The summed E-state index contributed by atoms with van der Waals surface area (Å²) >= 11 is 0. The van der Waals surface area contributed by atoms with E-state index in [1.165, 1.54) is 0 Å². The van der Waals surface area contributed by atoms with Crippen LogP contribution in [-0.4, -0.2) is 37.3 Å². The number of nitrogen functional groups attached to an aromatic ring is 1. The van der Waals surface area contributed by atoms with E-state index >= 15 is 0 Å². The average Bonchev–Trinajstić information content (AvgIpc) is 3.01. The second-order valence-corrected chi connectivity index (χ2v) is 5.80. The zero-order valence-corrected chi connectivity index (χ0v) is 14.1. The highest BCUT2D eigenvalue weighted by molar-refractivity contribution is 5.86. The van der Waals surface area contributed by atoms with Crippen LogP contribution in [-0.2, 0) is 0 Å². The molecule has 23 heavy (non-hydrogen) atoms. The van der Waals surface area contributed by atoms with Gasteiger partial charge in [0.05, 0.1) is 12.4 Å². The van der Waals surface area contributed by atoms with Crippen molar-refractivity contribution in [2.45, 2.75) is 31.3 Å². The highest BCUT2D eigenvalue weighted by atomic mass is 35.5. The van der Waals surface area contributed by atoms with Gasteiger partial charge in [-0.25, -0.2) is 4.98 Å². The number of aliphatic hydroxyl groups is 1. The van der Waals surface area contributed by atoms with E-state index in [2.05, 4.69) is 26.3 Å².